The summed E-state index contributed by atoms with van der Waals surface area (Å²) in [6, 6.07) is 11.4. The molecule has 0 radical (unpaired) electrons. The third-order valence-corrected chi connectivity index (χ3v) is 4.22. The Kier molecular flexibility index (Phi) is 3.93. The third kappa shape index (κ3) is 2.79. The van der Waals surface area contributed by atoms with Gasteiger partial charge in [0.25, 0.3) is 5.91 Å². The molecular weight excluding hydrogens is 284 g/mol. The number of rotatable bonds is 2. The number of halogens is 1. The third-order valence-electron chi connectivity index (χ3n) is 4.01. The van der Waals surface area contributed by atoms with Crippen LogP contribution in [0.3, 0.4) is 0 Å². The molecule has 0 bridgehead atoms. The van der Waals surface area contributed by atoms with Crippen molar-refractivity contribution in [3.8, 4) is 0 Å². The predicted molar refractivity (Wildman–Crippen MR) is 83.4 cm³/mol. The number of hydrogen-bond donors (Lipinski definition) is 0. The molecule has 1 aliphatic rings. The molecule has 2 heterocycles. The largest absolute Gasteiger partial charge is 0.332 e. The summed E-state index contributed by atoms with van der Waals surface area (Å²) in [5.74, 6) is 0.0902. The minimum absolute atomic E-state index is 0.0902. The van der Waals surface area contributed by atoms with Gasteiger partial charge in [0.1, 0.15) is 5.15 Å². The van der Waals surface area contributed by atoms with Crippen LogP contribution in [0, 0.1) is 6.92 Å². The van der Waals surface area contributed by atoms with Crippen LogP contribution in [0.15, 0.2) is 42.6 Å². The maximum absolute atomic E-state index is 12.7. The molecule has 1 atom stereocenters. The van der Waals surface area contributed by atoms with Gasteiger partial charge in [0.2, 0.25) is 0 Å². The van der Waals surface area contributed by atoms with Crippen LogP contribution in [0.5, 0.6) is 0 Å². The first-order chi connectivity index (χ1) is 10.2. The van der Waals surface area contributed by atoms with E-state index in [0.29, 0.717) is 5.15 Å². The van der Waals surface area contributed by atoms with E-state index in [2.05, 4.69) is 4.98 Å². The van der Waals surface area contributed by atoms with E-state index in [4.69, 9.17) is 11.6 Å². The number of amides is 1. The van der Waals surface area contributed by atoms with Crippen molar-refractivity contribution in [1.29, 1.82) is 0 Å². The number of aromatic nitrogens is 1. The molecule has 108 valence electrons. The van der Waals surface area contributed by atoms with Crippen molar-refractivity contribution in [2.45, 2.75) is 25.8 Å². The topological polar surface area (TPSA) is 33.2 Å². The Morgan fingerprint density at radius 2 is 2.10 bits per heavy atom. The van der Waals surface area contributed by atoms with Crippen molar-refractivity contribution >= 4 is 17.5 Å². The molecule has 1 aliphatic heterocycles. The summed E-state index contributed by atoms with van der Waals surface area (Å²) >= 11 is 5.93. The van der Waals surface area contributed by atoms with Gasteiger partial charge in [-0.1, -0.05) is 29.8 Å². The van der Waals surface area contributed by atoms with Crippen LogP contribution in [-0.2, 0) is 0 Å². The Hall–Kier alpha value is -1.87. The van der Waals surface area contributed by atoms with Gasteiger partial charge in [0.15, 0.2) is 0 Å². The molecule has 1 aromatic carbocycles. The first kappa shape index (κ1) is 14.1. The SMILES string of the molecule is Cc1cc(Cl)ncc1[C@@H]1CCCN1C(=O)c1ccccc1. The minimum atomic E-state index is 0.0902. The van der Waals surface area contributed by atoms with E-state index in [0.717, 1.165) is 36.1 Å². The van der Waals surface area contributed by atoms with Crippen LogP contribution in [0.4, 0.5) is 0 Å². The van der Waals surface area contributed by atoms with Crippen LogP contribution in [0.25, 0.3) is 0 Å². The summed E-state index contributed by atoms with van der Waals surface area (Å²) in [7, 11) is 0. The number of benzene rings is 1. The Bertz CT molecular complexity index is 657. The van der Waals surface area contributed by atoms with Crippen LogP contribution in [-0.4, -0.2) is 22.3 Å². The van der Waals surface area contributed by atoms with Crippen LogP contribution in [0.2, 0.25) is 5.15 Å². The molecule has 0 saturated carbocycles. The fraction of sp³-hybridized carbons (Fsp3) is 0.294. The van der Waals surface area contributed by atoms with Gasteiger partial charge < -0.3 is 4.90 Å². The summed E-state index contributed by atoms with van der Waals surface area (Å²) in [6.07, 6.45) is 3.80. The number of aryl methyl sites for hydroxylation is 1. The maximum atomic E-state index is 12.7. The molecule has 0 aliphatic carbocycles. The van der Waals surface area contributed by atoms with Crippen molar-refractivity contribution in [3.05, 3.63) is 64.4 Å². The first-order valence-electron chi connectivity index (χ1n) is 7.15. The summed E-state index contributed by atoms with van der Waals surface area (Å²) in [5, 5.41) is 0.496. The quantitative estimate of drug-likeness (QED) is 0.785. The molecule has 4 heteroatoms. The molecule has 0 spiro atoms. The molecule has 3 rings (SSSR count). The monoisotopic (exact) mass is 300 g/mol. The number of carbonyl (C=O) groups is 1. The number of carbonyl (C=O) groups excluding carboxylic acids is 1. The highest BCUT2D eigenvalue weighted by Crippen LogP contribution is 2.34. The lowest BCUT2D eigenvalue weighted by Gasteiger charge is -2.26. The molecule has 0 unspecified atom stereocenters. The van der Waals surface area contributed by atoms with Crippen LogP contribution >= 0.6 is 11.6 Å². The smallest absolute Gasteiger partial charge is 0.254 e. The number of hydrogen-bond acceptors (Lipinski definition) is 2. The van der Waals surface area contributed by atoms with Gasteiger partial charge in [-0.3, -0.25) is 4.79 Å². The van der Waals surface area contributed by atoms with Gasteiger partial charge in [-0.25, -0.2) is 4.98 Å². The van der Waals surface area contributed by atoms with Crippen molar-refractivity contribution in [2.24, 2.45) is 0 Å². The number of nitrogens with zero attached hydrogens (tertiary/aromatic N) is 2. The first-order valence-corrected chi connectivity index (χ1v) is 7.52. The van der Waals surface area contributed by atoms with Gasteiger partial charge >= 0.3 is 0 Å². The molecule has 21 heavy (non-hydrogen) atoms. The maximum Gasteiger partial charge on any atom is 0.254 e. The molecular formula is C17H17ClN2O. The average Bonchev–Trinajstić information content (AvgIpc) is 2.96. The normalized spacial score (nSPS) is 18.0. The van der Waals surface area contributed by atoms with Gasteiger partial charge in [-0.2, -0.15) is 0 Å². The molecule has 1 saturated heterocycles. The van der Waals surface area contributed by atoms with E-state index < -0.39 is 0 Å². The zero-order valence-electron chi connectivity index (χ0n) is 11.9. The Labute approximate surface area is 129 Å². The minimum Gasteiger partial charge on any atom is -0.332 e. The summed E-state index contributed by atoms with van der Waals surface area (Å²) in [4.78, 5) is 18.8. The Morgan fingerprint density at radius 3 is 2.81 bits per heavy atom. The van der Waals surface area contributed by atoms with Crippen molar-refractivity contribution in [3.63, 3.8) is 0 Å². The second kappa shape index (κ2) is 5.86. The van der Waals surface area contributed by atoms with Gasteiger partial charge in [-0.15, -0.1) is 0 Å². The predicted octanol–water partition coefficient (Wildman–Crippen LogP) is 4.02. The van der Waals surface area contributed by atoms with Crippen LogP contribution < -0.4 is 0 Å². The highest BCUT2D eigenvalue weighted by Gasteiger charge is 2.31. The fourth-order valence-corrected chi connectivity index (χ4v) is 3.17. The molecule has 1 aromatic heterocycles. The molecule has 1 amide bonds. The molecule has 3 nitrogen and oxygen atoms in total. The fourth-order valence-electron chi connectivity index (χ4n) is 2.96. The number of likely N-dealkylation sites (tertiary alicyclic amines) is 1. The molecule has 1 fully saturated rings. The molecule has 0 N–H and O–H groups in total. The van der Waals surface area contributed by atoms with E-state index >= 15 is 0 Å². The second-order valence-corrected chi connectivity index (χ2v) is 5.77. The highest BCUT2D eigenvalue weighted by molar-refractivity contribution is 6.29. The average molecular weight is 301 g/mol. The van der Waals surface area contributed by atoms with Crippen molar-refractivity contribution < 1.29 is 4.79 Å². The standard InChI is InChI=1S/C17H17ClN2O/c1-12-10-16(18)19-11-14(12)15-8-5-9-20(15)17(21)13-6-3-2-4-7-13/h2-4,6-7,10-11,15H,5,8-9H2,1H3/t15-/m0/s1. The van der Waals surface area contributed by atoms with Crippen LogP contribution in [0.1, 0.15) is 40.4 Å². The van der Waals surface area contributed by atoms with Gasteiger partial charge in [0, 0.05) is 18.3 Å². The zero-order valence-corrected chi connectivity index (χ0v) is 12.7. The van der Waals surface area contributed by atoms with Gasteiger partial charge in [0.05, 0.1) is 6.04 Å². The molecule has 2 aromatic rings. The zero-order chi connectivity index (χ0) is 14.8. The summed E-state index contributed by atoms with van der Waals surface area (Å²) < 4.78 is 0. The van der Waals surface area contributed by atoms with Gasteiger partial charge in [-0.05, 0) is 49.1 Å². The Morgan fingerprint density at radius 1 is 1.33 bits per heavy atom. The highest BCUT2D eigenvalue weighted by atomic mass is 35.5. The van der Waals surface area contributed by atoms with E-state index in [1.807, 2.05) is 48.2 Å². The van der Waals surface area contributed by atoms with E-state index in [9.17, 15) is 4.79 Å². The van der Waals surface area contributed by atoms with Crippen molar-refractivity contribution in [2.75, 3.05) is 6.54 Å². The Balaban J connectivity index is 1.91. The lowest BCUT2D eigenvalue weighted by atomic mass is 10.0. The van der Waals surface area contributed by atoms with E-state index in [1.165, 1.54) is 0 Å². The van der Waals surface area contributed by atoms with E-state index in [-0.39, 0.29) is 11.9 Å². The number of pyridine rings is 1. The second-order valence-electron chi connectivity index (χ2n) is 5.39. The van der Waals surface area contributed by atoms with E-state index in [1.54, 1.807) is 6.20 Å². The lowest BCUT2D eigenvalue weighted by Crippen LogP contribution is -2.30. The summed E-state index contributed by atoms with van der Waals surface area (Å²) in [5.41, 5.74) is 2.93. The summed E-state index contributed by atoms with van der Waals surface area (Å²) in [6.45, 7) is 2.81. The lowest BCUT2D eigenvalue weighted by molar-refractivity contribution is 0.0735. The van der Waals surface area contributed by atoms with Crippen molar-refractivity contribution in [1.82, 2.24) is 9.88 Å².